The van der Waals surface area contributed by atoms with Crippen molar-refractivity contribution in [3.63, 3.8) is 0 Å². The van der Waals surface area contributed by atoms with Gasteiger partial charge in [0.25, 0.3) is 0 Å². The Morgan fingerprint density at radius 1 is 0.872 bits per heavy atom. The van der Waals surface area contributed by atoms with Crippen LogP contribution < -0.4 is 0 Å². The molecule has 1 aromatic carbocycles. The van der Waals surface area contributed by atoms with E-state index in [-0.39, 0.29) is 5.41 Å². The molecular formula is C39H66. The van der Waals surface area contributed by atoms with Gasteiger partial charge in [-0.15, -0.1) is 0 Å². The van der Waals surface area contributed by atoms with Crippen LogP contribution in [0.4, 0.5) is 0 Å². The minimum Gasteiger partial charge on any atom is -0.0958 e. The summed E-state index contributed by atoms with van der Waals surface area (Å²) in [5.74, 6) is 0.402. The highest BCUT2D eigenvalue weighted by Gasteiger charge is 2.27. The predicted molar refractivity (Wildman–Crippen MR) is 179 cm³/mol. The minimum absolute atomic E-state index is 0.191. The van der Waals surface area contributed by atoms with Gasteiger partial charge in [0.2, 0.25) is 0 Å². The van der Waals surface area contributed by atoms with Crippen molar-refractivity contribution in [3.8, 4) is 0 Å². The van der Waals surface area contributed by atoms with Crippen LogP contribution in [0.1, 0.15) is 174 Å². The summed E-state index contributed by atoms with van der Waals surface area (Å²) in [5, 5.41) is 0. The van der Waals surface area contributed by atoms with Crippen LogP contribution in [0.2, 0.25) is 0 Å². The summed E-state index contributed by atoms with van der Waals surface area (Å²) in [5.41, 5.74) is 10.9. The zero-order valence-corrected chi connectivity index (χ0v) is 28.3. The number of rotatable bonds is 19. The molecule has 0 bridgehead atoms. The molecule has 0 nitrogen and oxygen atoms in total. The van der Waals surface area contributed by atoms with Gasteiger partial charge in [0, 0.05) is 5.92 Å². The fourth-order valence-corrected chi connectivity index (χ4v) is 6.44. The summed E-state index contributed by atoms with van der Waals surface area (Å²) in [6.07, 6.45) is 20.9. The minimum atomic E-state index is 0.191. The monoisotopic (exact) mass is 535 g/mol. The van der Waals surface area contributed by atoms with E-state index in [4.69, 9.17) is 0 Å². The quantitative estimate of drug-likeness (QED) is 0.155. The second-order valence-corrected chi connectivity index (χ2v) is 13.8. The number of allylic oxidation sites excluding steroid dienone is 5. The molecule has 0 aromatic heterocycles. The average Bonchev–Trinajstić information content (AvgIpc) is 2.86. The first-order valence-corrected chi connectivity index (χ1v) is 16.6. The topological polar surface area (TPSA) is 0 Å². The third-order valence-electron chi connectivity index (χ3n) is 8.76. The fourth-order valence-electron chi connectivity index (χ4n) is 6.44. The second-order valence-electron chi connectivity index (χ2n) is 13.8. The molecule has 0 aliphatic heterocycles. The fraction of sp³-hybridized carbons (Fsp3) is 0.692. The van der Waals surface area contributed by atoms with Gasteiger partial charge in [-0.05, 0) is 104 Å². The van der Waals surface area contributed by atoms with Crippen molar-refractivity contribution in [1.82, 2.24) is 0 Å². The van der Waals surface area contributed by atoms with Crippen LogP contribution in [-0.2, 0) is 11.8 Å². The number of hydrogen-bond acceptors (Lipinski definition) is 0. The summed E-state index contributed by atoms with van der Waals surface area (Å²) < 4.78 is 0. The van der Waals surface area contributed by atoms with Crippen LogP contribution in [0.15, 0.2) is 47.6 Å². The van der Waals surface area contributed by atoms with Gasteiger partial charge in [0.1, 0.15) is 0 Å². The standard InChI is InChI=1S/C39H66/c1-13-18-21-32(23-26-38(9,10)24-16-4)27-35(30(6)7)34(20-15-3)36-28-33(22-19-14-2)29-37(31(36)8)39(11,12)25-17-5/h23,27-29,34H,6,13-22,24-26H2,1-5,7-12H3/b32-23-,35-27+. The number of hydrogen-bond donors (Lipinski definition) is 0. The van der Waals surface area contributed by atoms with E-state index in [1.54, 1.807) is 11.1 Å². The molecule has 0 aliphatic carbocycles. The first kappa shape index (κ1) is 35.5. The molecule has 1 aromatic rings. The maximum absolute atomic E-state index is 4.56. The molecule has 0 N–H and O–H groups in total. The van der Waals surface area contributed by atoms with E-state index in [9.17, 15) is 0 Å². The molecule has 0 heteroatoms. The van der Waals surface area contributed by atoms with Crippen molar-refractivity contribution in [2.24, 2.45) is 5.41 Å². The lowest BCUT2D eigenvalue weighted by Crippen LogP contribution is -2.20. The summed E-state index contributed by atoms with van der Waals surface area (Å²) in [4.78, 5) is 0. The lowest BCUT2D eigenvalue weighted by Gasteiger charge is -2.32. The average molecular weight is 535 g/mol. The van der Waals surface area contributed by atoms with Crippen molar-refractivity contribution in [3.05, 3.63) is 69.8 Å². The highest BCUT2D eigenvalue weighted by atomic mass is 14.3. The van der Waals surface area contributed by atoms with Crippen molar-refractivity contribution >= 4 is 0 Å². The van der Waals surface area contributed by atoms with Crippen molar-refractivity contribution < 1.29 is 0 Å². The van der Waals surface area contributed by atoms with Gasteiger partial charge in [0.05, 0.1) is 0 Å². The summed E-state index contributed by atoms with van der Waals surface area (Å²) in [6, 6.07) is 5.13. The zero-order valence-electron chi connectivity index (χ0n) is 28.3. The van der Waals surface area contributed by atoms with E-state index < -0.39 is 0 Å². The van der Waals surface area contributed by atoms with Gasteiger partial charge in [-0.1, -0.05) is 136 Å². The molecule has 0 radical (unpaired) electrons. The lowest BCUT2D eigenvalue weighted by molar-refractivity contribution is 0.335. The maximum atomic E-state index is 4.56. The normalized spacial score (nSPS) is 14.1. The van der Waals surface area contributed by atoms with Gasteiger partial charge in [0.15, 0.2) is 0 Å². The van der Waals surface area contributed by atoms with Gasteiger partial charge >= 0.3 is 0 Å². The van der Waals surface area contributed by atoms with Crippen LogP contribution in [0.5, 0.6) is 0 Å². The summed E-state index contributed by atoms with van der Waals surface area (Å²) in [7, 11) is 0. The molecule has 0 saturated carbocycles. The zero-order chi connectivity index (χ0) is 29.6. The van der Waals surface area contributed by atoms with E-state index in [0.29, 0.717) is 11.3 Å². The largest absolute Gasteiger partial charge is 0.0958 e. The molecule has 0 aliphatic rings. The Labute approximate surface area is 245 Å². The van der Waals surface area contributed by atoms with E-state index >= 15 is 0 Å². The van der Waals surface area contributed by atoms with Gasteiger partial charge in [-0.25, -0.2) is 0 Å². The first-order chi connectivity index (χ1) is 18.4. The predicted octanol–water partition coefficient (Wildman–Crippen LogP) is 13.1. The Balaban J connectivity index is 3.81. The van der Waals surface area contributed by atoms with Gasteiger partial charge in [-0.3, -0.25) is 0 Å². The van der Waals surface area contributed by atoms with Crippen LogP contribution in [0.3, 0.4) is 0 Å². The third kappa shape index (κ3) is 11.4. The third-order valence-corrected chi connectivity index (χ3v) is 8.76. The van der Waals surface area contributed by atoms with Crippen LogP contribution >= 0.6 is 0 Å². The lowest BCUT2D eigenvalue weighted by atomic mass is 9.73. The number of benzene rings is 1. The molecule has 39 heavy (non-hydrogen) atoms. The molecule has 222 valence electrons. The van der Waals surface area contributed by atoms with E-state index in [1.807, 2.05) is 0 Å². The maximum Gasteiger partial charge on any atom is 0.00945 e. The van der Waals surface area contributed by atoms with Crippen molar-refractivity contribution in [2.75, 3.05) is 0 Å². The van der Waals surface area contributed by atoms with Crippen LogP contribution in [0.25, 0.3) is 0 Å². The second kappa shape index (κ2) is 17.3. The van der Waals surface area contributed by atoms with Crippen LogP contribution in [-0.4, -0.2) is 0 Å². The molecule has 1 rings (SSSR count). The number of aryl methyl sites for hydroxylation is 1. The SMILES string of the molecule is C=C(C)/C(=C\C(=C/CC(C)(C)CCC)CCCC)C(CCC)c1cc(CCCC)cc(C(C)(C)CCC)c1C. The number of unbranched alkanes of at least 4 members (excludes halogenated alkanes) is 2. The Bertz CT molecular complexity index is 933. The molecule has 0 saturated heterocycles. The molecular weight excluding hydrogens is 468 g/mol. The summed E-state index contributed by atoms with van der Waals surface area (Å²) >= 11 is 0. The molecule has 0 spiro atoms. The van der Waals surface area contributed by atoms with E-state index in [1.165, 1.54) is 105 Å². The van der Waals surface area contributed by atoms with E-state index in [0.717, 1.165) is 6.42 Å². The van der Waals surface area contributed by atoms with E-state index in [2.05, 4.69) is 107 Å². The van der Waals surface area contributed by atoms with Crippen LogP contribution in [0, 0.1) is 12.3 Å². The molecule has 1 unspecified atom stereocenters. The Morgan fingerprint density at radius 2 is 1.51 bits per heavy atom. The van der Waals surface area contributed by atoms with Gasteiger partial charge < -0.3 is 0 Å². The van der Waals surface area contributed by atoms with Gasteiger partial charge in [-0.2, -0.15) is 0 Å². The van der Waals surface area contributed by atoms with Crippen molar-refractivity contribution in [1.29, 1.82) is 0 Å². The Morgan fingerprint density at radius 3 is 2.05 bits per heavy atom. The first-order valence-electron chi connectivity index (χ1n) is 16.6. The highest BCUT2D eigenvalue weighted by molar-refractivity contribution is 5.50. The Hall–Kier alpha value is -1.56. The molecule has 0 fully saturated rings. The molecule has 0 amide bonds. The highest BCUT2D eigenvalue weighted by Crippen LogP contribution is 2.41. The smallest absolute Gasteiger partial charge is 0.00945 e. The Kier molecular flexibility index (Phi) is 15.7. The summed E-state index contributed by atoms with van der Waals surface area (Å²) in [6.45, 7) is 30.6. The molecule has 0 heterocycles. The molecule has 1 atom stereocenters. The van der Waals surface area contributed by atoms with Crippen molar-refractivity contribution in [2.45, 2.75) is 171 Å².